The fourth-order valence-corrected chi connectivity index (χ4v) is 3.42. The number of benzene rings is 1. The Balaban J connectivity index is 2.50. The summed E-state index contributed by atoms with van der Waals surface area (Å²) in [6.07, 6.45) is 0. The van der Waals surface area contributed by atoms with Gasteiger partial charge in [-0.2, -0.15) is 0 Å². The summed E-state index contributed by atoms with van der Waals surface area (Å²) in [5, 5.41) is 1.40. The number of carbonyl (C=O) groups excluding carboxylic acids is 1. The molecule has 2 rings (SSSR count). The first kappa shape index (κ1) is 14.2. The summed E-state index contributed by atoms with van der Waals surface area (Å²) in [6, 6.07) is 5.68. The fourth-order valence-electron chi connectivity index (χ4n) is 1.97. The first-order chi connectivity index (χ1) is 9.12. The summed E-state index contributed by atoms with van der Waals surface area (Å²) in [7, 11) is 1.61. The van der Waals surface area contributed by atoms with Crippen LogP contribution in [-0.2, 0) is 0 Å². The molecule has 0 saturated carbocycles. The van der Waals surface area contributed by atoms with Gasteiger partial charge in [-0.25, -0.2) is 0 Å². The van der Waals surface area contributed by atoms with Crippen molar-refractivity contribution in [3.8, 4) is 5.75 Å². The zero-order valence-corrected chi connectivity index (χ0v) is 12.8. The van der Waals surface area contributed by atoms with Crippen LogP contribution in [0.1, 0.15) is 23.5 Å². The minimum atomic E-state index is -0.00448. The molecule has 0 aliphatic rings. The van der Waals surface area contributed by atoms with E-state index in [0.717, 1.165) is 15.8 Å². The highest BCUT2D eigenvalue weighted by atomic mass is 35.5. The van der Waals surface area contributed by atoms with Gasteiger partial charge in [0.2, 0.25) is 0 Å². The highest BCUT2D eigenvalue weighted by molar-refractivity contribution is 7.21. The number of amides is 1. The van der Waals surface area contributed by atoms with E-state index in [1.54, 1.807) is 12.0 Å². The van der Waals surface area contributed by atoms with Crippen molar-refractivity contribution in [2.24, 2.45) is 0 Å². The molecule has 1 aromatic carbocycles. The Morgan fingerprint density at radius 1 is 1.37 bits per heavy atom. The molecule has 0 atom stereocenters. The van der Waals surface area contributed by atoms with Gasteiger partial charge in [0.15, 0.2) is 0 Å². The molecule has 5 heteroatoms. The zero-order valence-electron chi connectivity index (χ0n) is 11.2. The highest BCUT2D eigenvalue weighted by Crippen LogP contribution is 2.37. The monoisotopic (exact) mass is 297 g/mol. The number of hydrogen-bond acceptors (Lipinski definition) is 3. The van der Waals surface area contributed by atoms with Gasteiger partial charge in [-0.05, 0) is 32.0 Å². The van der Waals surface area contributed by atoms with Crippen LogP contribution in [0.4, 0.5) is 0 Å². The van der Waals surface area contributed by atoms with Crippen LogP contribution < -0.4 is 4.74 Å². The van der Waals surface area contributed by atoms with Gasteiger partial charge in [-0.1, -0.05) is 11.6 Å². The molecular formula is C14H16ClNO2S. The van der Waals surface area contributed by atoms with Crippen LogP contribution in [0.5, 0.6) is 5.75 Å². The Morgan fingerprint density at radius 3 is 2.63 bits per heavy atom. The number of nitrogens with zero attached hydrogens (tertiary/aromatic N) is 1. The van der Waals surface area contributed by atoms with E-state index >= 15 is 0 Å². The normalized spacial score (nSPS) is 10.7. The number of rotatable bonds is 4. The average Bonchev–Trinajstić information content (AvgIpc) is 2.77. The third-order valence-corrected chi connectivity index (χ3v) is 4.74. The second-order valence-corrected chi connectivity index (χ2v) is 5.51. The Labute approximate surface area is 121 Å². The molecule has 102 valence electrons. The molecule has 1 heterocycles. The third kappa shape index (κ3) is 2.55. The first-order valence-corrected chi connectivity index (χ1v) is 7.37. The zero-order chi connectivity index (χ0) is 14.0. The van der Waals surface area contributed by atoms with Gasteiger partial charge in [-0.3, -0.25) is 4.79 Å². The summed E-state index contributed by atoms with van der Waals surface area (Å²) < 4.78 is 6.19. The maximum atomic E-state index is 12.4. The summed E-state index contributed by atoms with van der Waals surface area (Å²) >= 11 is 7.78. The fraction of sp³-hybridized carbons (Fsp3) is 0.357. The Hall–Kier alpha value is -1.26. The van der Waals surface area contributed by atoms with Crippen molar-refractivity contribution >= 4 is 38.9 Å². The van der Waals surface area contributed by atoms with Crippen molar-refractivity contribution in [3.05, 3.63) is 28.1 Å². The van der Waals surface area contributed by atoms with Crippen LogP contribution in [-0.4, -0.2) is 31.0 Å². The smallest absolute Gasteiger partial charge is 0.265 e. The molecule has 0 aliphatic carbocycles. The predicted molar refractivity (Wildman–Crippen MR) is 80.6 cm³/mol. The van der Waals surface area contributed by atoms with E-state index in [0.29, 0.717) is 23.0 Å². The van der Waals surface area contributed by atoms with E-state index in [-0.39, 0.29) is 5.91 Å². The second kappa shape index (κ2) is 5.80. The molecule has 1 aromatic heterocycles. The number of ether oxygens (including phenoxy) is 1. The number of methoxy groups -OCH3 is 1. The van der Waals surface area contributed by atoms with Gasteiger partial charge in [0.1, 0.15) is 10.6 Å². The molecule has 0 fully saturated rings. The number of thiophene rings is 1. The molecule has 0 N–H and O–H groups in total. The maximum Gasteiger partial charge on any atom is 0.265 e. The lowest BCUT2D eigenvalue weighted by atomic mass is 10.2. The molecular weight excluding hydrogens is 282 g/mol. The Morgan fingerprint density at radius 2 is 2.05 bits per heavy atom. The lowest BCUT2D eigenvalue weighted by Gasteiger charge is -2.17. The van der Waals surface area contributed by atoms with E-state index in [1.807, 2.05) is 32.0 Å². The number of hydrogen-bond donors (Lipinski definition) is 0. The molecule has 0 saturated heterocycles. The van der Waals surface area contributed by atoms with Crippen molar-refractivity contribution < 1.29 is 9.53 Å². The van der Waals surface area contributed by atoms with Gasteiger partial charge in [0.05, 0.1) is 12.1 Å². The molecule has 1 amide bonds. The number of fused-ring (bicyclic) bond motifs is 1. The van der Waals surface area contributed by atoms with Crippen LogP contribution in [0, 0.1) is 0 Å². The SMILES string of the molecule is CCN(CC)C(=O)c1sc2ccc(OC)cc2c1Cl. The van der Waals surface area contributed by atoms with Gasteiger partial charge in [0.25, 0.3) is 5.91 Å². The van der Waals surface area contributed by atoms with Gasteiger partial charge >= 0.3 is 0 Å². The predicted octanol–water partition coefficient (Wildman–Crippen LogP) is 4.05. The Kier molecular flexibility index (Phi) is 4.32. The summed E-state index contributed by atoms with van der Waals surface area (Å²) in [5.41, 5.74) is 0. The van der Waals surface area contributed by atoms with Crippen molar-refractivity contribution in [2.45, 2.75) is 13.8 Å². The van der Waals surface area contributed by atoms with E-state index in [9.17, 15) is 4.79 Å². The Bertz CT molecular complexity index is 605. The van der Waals surface area contributed by atoms with Crippen molar-refractivity contribution in [3.63, 3.8) is 0 Å². The van der Waals surface area contributed by atoms with Gasteiger partial charge in [-0.15, -0.1) is 11.3 Å². The molecule has 0 radical (unpaired) electrons. The maximum absolute atomic E-state index is 12.4. The van der Waals surface area contributed by atoms with E-state index < -0.39 is 0 Å². The van der Waals surface area contributed by atoms with Crippen LogP contribution in [0.15, 0.2) is 18.2 Å². The molecule has 0 bridgehead atoms. The quantitative estimate of drug-likeness (QED) is 0.852. The lowest BCUT2D eigenvalue weighted by Crippen LogP contribution is -2.29. The third-order valence-electron chi connectivity index (χ3n) is 3.08. The molecule has 3 nitrogen and oxygen atoms in total. The number of carbonyl (C=O) groups is 1. The van der Waals surface area contributed by atoms with Crippen LogP contribution in [0.25, 0.3) is 10.1 Å². The highest BCUT2D eigenvalue weighted by Gasteiger charge is 2.21. The molecule has 0 unspecified atom stereocenters. The van der Waals surface area contributed by atoms with Crippen molar-refractivity contribution in [2.75, 3.05) is 20.2 Å². The van der Waals surface area contributed by atoms with Gasteiger partial charge < -0.3 is 9.64 Å². The van der Waals surface area contributed by atoms with E-state index in [4.69, 9.17) is 16.3 Å². The summed E-state index contributed by atoms with van der Waals surface area (Å²) in [6.45, 7) is 5.30. The average molecular weight is 298 g/mol. The first-order valence-electron chi connectivity index (χ1n) is 6.17. The molecule has 2 aromatic rings. The van der Waals surface area contributed by atoms with Crippen molar-refractivity contribution in [1.29, 1.82) is 0 Å². The second-order valence-electron chi connectivity index (χ2n) is 4.08. The van der Waals surface area contributed by atoms with Crippen molar-refractivity contribution in [1.82, 2.24) is 4.90 Å². The van der Waals surface area contributed by atoms with E-state index in [1.165, 1.54) is 11.3 Å². The molecule has 19 heavy (non-hydrogen) atoms. The standard InChI is InChI=1S/C14H16ClNO2S/c1-4-16(5-2)14(17)13-12(15)10-8-9(18-3)6-7-11(10)19-13/h6-8H,4-5H2,1-3H3. The summed E-state index contributed by atoms with van der Waals surface area (Å²) in [5.74, 6) is 0.740. The van der Waals surface area contributed by atoms with E-state index in [2.05, 4.69) is 0 Å². The molecule has 0 aliphatic heterocycles. The molecule has 0 spiro atoms. The topological polar surface area (TPSA) is 29.5 Å². The lowest BCUT2D eigenvalue weighted by molar-refractivity contribution is 0.0778. The largest absolute Gasteiger partial charge is 0.497 e. The minimum absolute atomic E-state index is 0.00448. The number of halogens is 1. The van der Waals surface area contributed by atoms with Crippen LogP contribution in [0.3, 0.4) is 0 Å². The van der Waals surface area contributed by atoms with Crippen LogP contribution in [0.2, 0.25) is 5.02 Å². The van der Waals surface area contributed by atoms with Gasteiger partial charge in [0, 0.05) is 23.2 Å². The minimum Gasteiger partial charge on any atom is -0.497 e. The van der Waals surface area contributed by atoms with Crippen LogP contribution >= 0.6 is 22.9 Å². The summed E-state index contributed by atoms with van der Waals surface area (Å²) in [4.78, 5) is 14.7.